The van der Waals surface area contributed by atoms with Crippen molar-refractivity contribution < 1.29 is 0 Å². The first kappa shape index (κ1) is 8.28. The third-order valence-electron chi connectivity index (χ3n) is 1.93. The van der Waals surface area contributed by atoms with E-state index in [1.165, 1.54) is 0 Å². The zero-order valence-corrected chi connectivity index (χ0v) is 7.99. The highest BCUT2D eigenvalue weighted by Gasteiger charge is 2.24. The van der Waals surface area contributed by atoms with Crippen LogP contribution in [0.25, 0.3) is 0 Å². The van der Waals surface area contributed by atoms with Crippen molar-refractivity contribution in [2.75, 3.05) is 0 Å². The fourth-order valence-electron chi connectivity index (χ4n) is 0.886. The summed E-state index contributed by atoms with van der Waals surface area (Å²) in [5.74, 6) is 0.466. The van der Waals surface area contributed by atoms with E-state index in [1.807, 2.05) is 6.08 Å². The van der Waals surface area contributed by atoms with Crippen molar-refractivity contribution in [1.29, 1.82) is 0 Å². The van der Waals surface area contributed by atoms with Gasteiger partial charge in [0, 0.05) is 9.65 Å². The molecule has 1 aliphatic carbocycles. The maximum Gasteiger partial charge on any atom is 0.0344 e. The molecule has 0 saturated carbocycles. The highest BCUT2D eigenvalue weighted by Crippen LogP contribution is 2.32. The second-order valence-corrected chi connectivity index (χ2v) is 4.42. The molecular weight excluding hydrogens is 160 g/mol. The summed E-state index contributed by atoms with van der Waals surface area (Å²) in [5, 5.41) is 0. The lowest BCUT2D eigenvalue weighted by molar-refractivity contribution is 0.603. The molecular formula is C8H12S2. The predicted octanol–water partition coefficient (Wildman–Crippen LogP) is 2.69. The molecule has 0 saturated heterocycles. The van der Waals surface area contributed by atoms with Crippen LogP contribution in [0.15, 0.2) is 23.1 Å². The van der Waals surface area contributed by atoms with E-state index in [9.17, 15) is 0 Å². The topological polar surface area (TPSA) is 0 Å². The van der Waals surface area contributed by atoms with Gasteiger partial charge in [0.1, 0.15) is 0 Å². The molecule has 2 atom stereocenters. The van der Waals surface area contributed by atoms with Gasteiger partial charge in [0.25, 0.3) is 0 Å². The van der Waals surface area contributed by atoms with Crippen LogP contribution in [0.4, 0.5) is 0 Å². The van der Waals surface area contributed by atoms with E-state index >= 15 is 0 Å². The summed E-state index contributed by atoms with van der Waals surface area (Å²) in [6, 6.07) is 0. The molecule has 0 aromatic carbocycles. The molecule has 0 bridgehead atoms. The molecule has 2 heteroatoms. The molecule has 0 N–H and O–H groups in total. The fraction of sp³-hybridized carbons (Fsp3) is 0.500. The predicted molar refractivity (Wildman–Crippen MR) is 52.8 cm³/mol. The van der Waals surface area contributed by atoms with Gasteiger partial charge in [-0.1, -0.05) is 25.2 Å². The normalized spacial score (nSPS) is 39.6. The molecule has 0 aromatic rings. The van der Waals surface area contributed by atoms with Crippen LogP contribution in [0.5, 0.6) is 0 Å². The lowest BCUT2D eigenvalue weighted by Crippen LogP contribution is -2.24. The van der Waals surface area contributed by atoms with Gasteiger partial charge in [-0.2, -0.15) is 12.6 Å². The molecule has 2 unspecified atom stereocenters. The van der Waals surface area contributed by atoms with Crippen LogP contribution in [-0.4, -0.2) is 4.75 Å². The second-order valence-electron chi connectivity index (χ2n) is 2.94. The molecule has 0 radical (unpaired) electrons. The molecule has 1 aliphatic rings. The molecule has 0 aliphatic heterocycles. The van der Waals surface area contributed by atoms with Crippen molar-refractivity contribution >= 4 is 25.3 Å². The van der Waals surface area contributed by atoms with Crippen LogP contribution >= 0.6 is 25.3 Å². The van der Waals surface area contributed by atoms with Gasteiger partial charge in [0.15, 0.2) is 0 Å². The Labute approximate surface area is 73.2 Å². The van der Waals surface area contributed by atoms with Gasteiger partial charge < -0.3 is 0 Å². The second kappa shape index (κ2) is 2.67. The zero-order valence-electron chi connectivity index (χ0n) is 6.20. The minimum absolute atomic E-state index is 0.00618. The van der Waals surface area contributed by atoms with Gasteiger partial charge in [-0.25, -0.2) is 0 Å². The molecule has 1 rings (SSSR count). The number of thiol groups is 2. The quantitative estimate of drug-likeness (QED) is 0.516. The zero-order chi connectivity index (χ0) is 7.78. The standard InChI is InChI=1S/C8H12S2/c1-6-5-7(9)3-4-8(6,2)10/h3-6,9-10H,1-2H3. The van der Waals surface area contributed by atoms with Gasteiger partial charge in [-0.15, -0.1) is 12.6 Å². The largest absolute Gasteiger partial charge is 0.168 e. The maximum atomic E-state index is 4.49. The first-order chi connectivity index (χ1) is 4.52. The van der Waals surface area contributed by atoms with Crippen molar-refractivity contribution in [2.45, 2.75) is 18.6 Å². The Kier molecular flexibility index (Phi) is 2.21. The molecule has 0 aromatic heterocycles. The minimum atomic E-state index is 0.00618. The summed E-state index contributed by atoms with van der Waals surface area (Å²) in [7, 11) is 0. The molecule has 56 valence electrons. The van der Waals surface area contributed by atoms with Crippen LogP contribution in [0.2, 0.25) is 0 Å². The van der Waals surface area contributed by atoms with Crippen LogP contribution in [0.3, 0.4) is 0 Å². The summed E-state index contributed by atoms with van der Waals surface area (Å²) in [6.45, 7) is 4.25. The summed E-state index contributed by atoms with van der Waals surface area (Å²) >= 11 is 8.73. The average Bonchev–Trinajstić information content (AvgIpc) is 1.81. The van der Waals surface area contributed by atoms with Crippen molar-refractivity contribution in [3.05, 3.63) is 23.1 Å². The SMILES string of the molecule is CC1C=C(S)C=CC1(C)S. The Bertz CT molecular complexity index is 189. The highest BCUT2D eigenvalue weighted by molar-refractivity contribution is 7.84. The van der Waals surface area contributed by atoms with Gasteiger partial charge in [-0.3, -0.25) is 0 Å². The van der Waals surface area contributed by atoms with Crippen molar-refractivity contribution in [2.24, 2.45) is 5.92 Å². The molecule has 10 heavy (non-hydrogen) atoms. The summed E-state index contributed by atoms with van der Waals surface area (Å²) in [6.07, 6.45) is 6.20. The summed E-state index contributed by atoms with van der Waals surface area (Å²) in [4.78, 5) is 1.04. The smallest absolute Gasteiger partial charge is 0.0344 e. The molecule has 0 spiro atoms. The lowest BCUT2D eigenvalue weighted by atomic mass is 9.91. The Morgan fingerprint density at radius 1 is 1.60 bits per heavy atom. The number of hydrogen-bond donors (Lipinski definition) is 2. The van der Waals surface area contributed by atoms with Crippen LogP contribution < -0.4 is 0 Å². The van der Waals surface area contributed by atoms with Crippen molar-refractivity contribution in [1.82, 2.24) is 0 Å². The van der Waals surface area contributed by atoms with Gasteiger partial charge in [-0.05, 0) is 12.8 Å². The van der Waals surface area contributed by atoms with Gasteiger partial charge in [0.2, 0.25) is 0 Å². The minimum Gasteiger partial charge on any atom is -0.168 e. The monoisotopic (exact) mass is 172 g/mol. The first-order valence-electron chi connectivity index (χ1n) is 3.35. The van der Waals surface area contributed by atoms with E-state index in [0.717, 1.165) is 4.91 Å². The summed E-state index contributed by atoms with van der Waals surface area (Å²) in [5.41, 5.74) is 0. The number of rotatable bonds is 0. The van der Waals surface area contributed by atoms with Gasteiger partial charge >= 0.3 is 0 Å². The summed E-state index contributed by atoms with van der Waals surface area (Å²) < 4.78 is 0.00618. The highest BCUT2D eigenvalue weighted by atomic mass is 32.1. The molecule has 0 nitrogen and oxygen atoms in total. The number of allylic oxidation sites excluding steroid dienone is 2. The number of hydrogen-bond acceptors (Lipinski definition) is 2. The van der Waals surface area contributed by atoms with E-state index in [0.29, 0.717) is 5.92 Å². The Morgan fingerprint density at radius 2 is 2.20 bits per heavy atom. The van der Waals surface area contributed by atoms with Crippen molar-refractivity contribution in [3.63, 3.8) is 0 Å². The van der Waals surface area contributed by atoms with E-state index in [4.69, 9.17) is 0 Å². The van der Waals surface area contributed by atoms with E-state index in [1.54, 1.807) is 0 Å². The molecule has 0 fully saturated rings. The van der Waals surface area contributed by atoms with Gasteiger partial charge in [0.05, 0.1) is 0 Å². The average molecular weight is 172 g/mol. The van der Waals surface area contributed by atoms with E-state index < -0.39 is 0 Å². The molecule has 0 amide bonds. The molecule has 0 heterocycles. The van der Waals surface area contributed by atoms with Crippen LogP contribution in [0, 0.1) is 5.92 Å². The third-order valence-corrected chi connectivity index (χ3v) is 2.79. The first-order valence-corrected chi connectivity index (χ1v) is 4.24. The Balaban J connectivity index is 2.84. The van der Waals surface area contributed by atoms with Crippen molar-refractivity contribution in [3.8, 4) is 0 Å². The lowest BCUT2D eigenvalue weighted by Gasteiger charge is -2.28. The van der Waals surface area contributed by atoms with Crippen LogP contribution in [0.1, 0.15) is 13.8 Å². The van der Waals surface area contributed by atoms with Crippen LogP contribution in [-0.2, 0) is 0 Å². The Morgan fingerprint density at radius 3 is 2.60 bits per heavy atom. The van der Waals surface area contributed by atoms with E-state index in [2.05, 4.69) is 51.3 Å². The fourth-order valence-corrected chi connectivity index (χ4v) is 1.33. The Hall–Kier alpha value is 0.180. The van der Waals surface area contributed by atoms with E-state index in [-0.39, 0.29) is 4.75 Å². The third kappa shape index (κ3) is 1.61. The maximum absolute atomic E-state index is 4.49.